The van der Waals surface area contributed by atoms with Gasteiger partial charge in [-0.3, -0.25) is 30.1 Å². The lowest BCUT2D eigenvalue weighted by molar-refractivity contribution is -0.132. The number of rotatable bonds is 5. The summed E-state index contributed by atoms with van der Waals surface area (Å²) >= 11 is 0. The fraction of sp³-hybridized carbons (Fsp3) is 0.667. The van der Waals surface area contributed by atoms with Gasteiger partial charge in [0.05, 0.1) is 13.2 Å². The van der Waals surface area contributed by atoms with Crippen LogP contribution in [0.4, 0.5) is 4.79 Å². The van der Waals surface area contributed by atoms with Gasteiger partial charge >= 0.3 is 6.03 Å². The van der Waals surface area contributed by atoms with E-state index in [4.69, 9.17) is 4.74 Å². The van der Waals surface area contributed by atoms with Gasteiger partial charge in [0.25, 0.3) is 0 Å². The second kappa shape index (κ2) is 7.11. The Morgan fingerprint density at radius 2 is 1.85 bits per heavy atom. The average molecular weight is 282 g/mol. The second-order valence-corrected chi connectivity index (χ2v) is 4.65. The van der Waals surface area contributed by atoms with Crippen LogP contribution in [-0.4, -0.2) is 68.4 Å². The zero-order valence-electron chi connectivity index (χ0n) is 11.1. The molecule has 0 aromatic rings. The molecule has 110 valence electrons. The number of imide groups is 2. The maximum absolute atomic E-state index is 11.4. The number of amides is 4. The fourth-order valence-electron chi connectivity index (χ4n) is 2.06. The van der Waals surface area contributed by atoms with E-state index in [0.29, 0.717) is 6.54 Å². The number of hydrogen-bond acceptors (Lipinski definition) is 6. The van der Waals surface area contributed by atoms with E-state index in [9.17, 15) is 14.4 Å². The summed E-state index contributed by atoms with van der Waals surface area (Å²) in [6.07, 6.45) is 2.15. The number of ether oxygens (including phenoxy) is 1. The summed E-state index contributed by atoms with van der Waals surface area (Å²) in [5.74, 6) is -2.28. The van der Waals surface area contributed by atoms with Crippen LogP contribution in [0.15, 0.2) is 4.99 Å². The van der Waals surface area contributed by atoms with Gasteiger partial charge in [0.2, 0.25) is 11.8 Å². The Balaban J connectivity index is 1.68. The van der Waals surface area contributed by atoms with Gasteiger partial charge in [-0.1, -0.05) is 0 Å². The number of urea groups is 1. The van der Waals surface area contributed by atoms with Crippen LogP contribution >= 0.6 is 0 Å². The number of carbonyl (C=O) groups excluding carboxylic acids is 3. The molecule has 2 fully saturated rings. The number of hydrogen-bond donors (Lipinski definition) is 2. The molecule has 0 unspecified atom stereocenters. The molecule has 0 aromatic heterocycles. The van der Waals surface area contributed by atoms with Gasteiger partial charge in [-0.25, -0.2) is 4.79 Å². The number of aliphatic imine (C=N–C) groups is 1. The standard InChI is InChI=1S/C12H18N4O4/c17-10-9(11(18)15-12(19)14-10)8-13-2-1-3-16-4-6-20-7-5-16/h8-9H,1-7H2,(H2,14,15,17,18,19). The zero-order valence-corrected chi connectivity index (χ0v) is 11.1. The first-order chi connectivity index (χ1) is 9.66. The van der Waals surface area contributed by atoms with E-state index in [2.05, 4.69) is 9.89 Å². The van der Waals surface area contributed by atoms with Crippen LogP contribution in [0.1, 0.15) is 6.42 Å². The van der Waals surface area contributed by atoms with Gasteiger partial charge < -0.3 is 4.74 Å². The van der Waals surface area contributed by atoms with Crippen molar-refractivity contribution in [3.63, 3.8) is 0 Å². The van der Waals surface area contributed by atoms with Gasteiger partial charge in [-0.05, 0) is 6.42 Å². The maximum atomic E-state index is 11.4. The molecule has 2 N–H and O–H groups in total. The minimum absolute atomic E-state index is 0.544. The van der Waals surface area contributed by atoms with Gasteiger partial charge in [-0.2, -0.15) is 0 Å². The highest BCUT2D eigenvalue weighted by Gasteiger charge is 2.32. The highest BCUT2D eigenvalue weighted by atomic mass is 16.5. The molecule has 8 heteroatoms. The van der Waals surface area contributed by atoms with Crippen LogP contribution in [0.5, 0.6) is 0 Å². The van der Waals surface area contributed by atoms with Crippen molar-refractivity contribution in [2.45, 2.75) is 6.42 Å². The molecule has 0 radical (unpaired) electrons. The molecule has 0 bridgehead atoms. The van der Waals surface area contributed by atoms with E-state index in [1.54, 1.807) is 0 Å². The number of morpholine rings is 1. The largest absolute Gasteiger partial charge is 0.379 e. The van der Waals surface area contributed by atoms with Crippen LogP contribution in [0.3, 0.4) is 0 Å². The van der Waals surface area contributed by atoms with Crippen molar-refractivity contribution in [3.8, 4) is 0 Å². The molecular weight excluding hydrogens is 264 g/mol. The highest BCUT2D eigenvalue weighted by molar-refractivity contribution is 6.23. The number of carbonyl (C=O) groups is 3. The molecule has 0 atom stereocenters. The van der Waals surface area contributed by atoms with E-state index in [1.807, 2.05) is 10.6 Å². The molecule has 4 amide bonds. The normalized spacial score (nSPS) is 22.1. The molecule has 0 aliphatic carbocycles. The van der Waals surface area contributed by atoms with Crippen LogP contribution in [-0.2, 0) is 14.3 Å². The van der Waals surface area contributed by atoms with Crippen molar-refractivity contribution in [1.29, 1.82) is 0 Å². The monoisotopic (exact) mass is 282 g/mol. The molecular formula is C12H18N4O4. The predicted molar refractivity (Wildman–Crippen MR) is 70.4 cm³/mol. The smallest absolute Gasteiger partial charge is 0.328 e. The van der Waals surface area contributed by atoms with Crippen molar-refractivity contribution in [1.82, 2.24) is 15.5 Å². The van der Waals surface area contributed by atoms with Gasteiger partial charge in [0.1, 0.15) is 0 Å². The third-order valence-corrected chi connectivity index (χ3v) is 3.16. The molecule has 20 heavy (non-hydrogen) atoms. The summed E-state index contributed by atoms with van der Waals surface area (Å²) < 4.78 is 5.25. The van der Waals surface area contributed by atoms with Crippen molar-refractivity contribution in [2.24, 2.45) is 10.9 Å². The average Bonchev–Trinajstić information content (AvgIpc) is 2.42. The fourth-order valence-corrected chi connectivity index (χ4v) is 2.06. The lowest BCUT2D eigenvalue weighted by atomic mass is 10.1. The number of nitrogens with one attached hydrogen (secondary N) is 2. The van der Waals surface area contributed by atoms with E-state index < -0.39 is 23.8 Å². The van der Waals surface area contributed by atoms with Crippen LogP contribution in [0, 0.1) is 5.92 Å². The summed E-state index contributed by atoms with van der Waals surface area (Å²) in [5.41, 5.74) is 0. The van der Waals surface area contributed by atoms with Gasteiger partial charge in [-0.15, -0.1) is 0 Å². The van der Waals surface area contributed by atoms with Crippen LogP contribution < -0.4 is 10.6 Å². The first-order valence-electron chi connectivity index (χ1n) is 6.62. The maximum Gasteiger partial charge on any atom is 0.328 e. The first kappa shape index (κ1) is 14.6. The van der Waals surface area contributed by atoms with Crippen LogP contribution in [0.25, 0.3) is 0 Å². The Labute approximate surface area is 116 Å². The van der Waals surface area contributed by atoms with Crippen molar-refractivity contribution in [2.75, 3.05) is 39.4 Å². The summed E-state index contributed by atoms with van der Waals surface area (Å²) in [7, 11) is 0. The third kappa shape index (κ3) is 4.10. The Kier molecular flexibility index (Phi) is 5.19. The molecule has 0 spiro atoms. The summed E-state index contributed by atoms with van der Waals surface area (Å²) in [4.78, 5) is 40.1. The van der Waals surface area contributed by atoms with Gasteiger partial charge in [0.15, 0.2) is 5.92 Å². The molecule has 2 aliphatic rings. The van der Waals surface area contributed by atoms with Crippen LogP contribution in [0.2, 0.25) is 0 Å². The Bertz CT molecular complexity index is 398. The first-order valence-corrected chi connectivity index (χ1v) is 6.62. The topological polar surface area (TPSA) is 100 Å². The molecule has 0 saturated carbocycles. The van der Waals surface area contributed by atoms with E-state index in [1.165, 1.54) is 6.21 Å². The van der Waals surface area contributed by atoms with E-state index in [-0.39, 0.29) is 0 Å². The molecule has 2 heterocycles. The highest BCUT2D eigenvalue weighted by Crippen LogP contribution is 2.00. The quantitative estimate of drug-likeness (QED) is 0.373. The molecule has 2 rings (SSSR count). The minimum atomic E-state index is -1.02. The van der Waals surface area contributed by atoms with E-state index in [0.717, 1.165) is 39.3 Å². The SMILES string of the molecule is O=C1NC(=O)C(C=NCCCN2CCOCC2)C(=O)N1. The summed E-state index contributed by atoms with van der Waals surface area (Å²) in [6.45, 7) is 4.85. The summed E-state index contributed by atoms with van der Waals surface area (Å²) in [5, 5.41) is 4.06. The van der Waals surface area contributed by atoms with Crippen molar-refractivity contribution < 1.29 is 19.1 Å². The Morgan fingerprint density at radius 1 is 1.20 bits per heavy atom. The third-order valence-electron chi connectivity index (χ3n) is 3.16. The zero-order chi connectivity index (χ0) is 14.4. The molecule has 0 aromatic carbocycles. The van der Waals surface area contributed by atoms with Crippen molar-refractivity contribution in [3.05, 3.63) is 0 Å². The second-order valence-electron chi connectivity index (χ2n) is 4.65. The lowest BCUT2D eigenvalue weighted by Gasteiger charge is -2.26. The minimum Gasteiger partial charge on any atom is -0.379 e. The molecule has 2 saturated heterocycles. The molecule has 2 aliphatic heterocycles. The predicted octanol–water partition coefficient (Wildman–Crippen LogP) is -1.24. The number of barbiturate groups is 1. The van der Waals surface area contributed by atoms with E-state index >= 15 is 0 Å². The molecule has 8 nitrogen and oxygen atoms in total. The van der Waals surface area contributed by atoms with Crippen molar-refractivity contribution >= 4 is 24.1 Å². The number of nitrogens with zero attached hydrogens (tertiary/aromatic N) is 2. The van der Waals surface area contributed by atoms with Gasteiger partial charge in [0, 0.05) is 32.4 Å². The Morgan fingerprint density at radius 3 is 2.50 bits per heavy atom. The Hall–Kier alpha value is -1.80. The summed E-state index contributed by atoms with van der Waals surface area (Å²) in [6, 6.07) is -0.781. The lowest BCUT2D eigenvalue weighted by Crippen LogP contribution is -2.56.